The van der Waals surface area contributed by atoms with Crippen molar-refractivity contribution >= 4 is 17.9 Å². The van der Waals surface area contributed by atoms with Crippen molar-refractivity contribution < 1.29 is 28.6 Å². The van der Waals surface area contributed by atoms with Crippen LogP contribution in [-0.4, -0.2) is 37.2 Å². The maximum atomic E-state index is 12.6. The van der Waals surface area contributed by atoms with Crippen LogP contribution in [0.1, 0.15) is 181 Å². The second-order valence-corrected chi connectivity index (χ2v) is 13.1. The van der Waals surface area contributed by atoms with Crippen LogP contribution in [0.15, 0.2) is 60.8 Å². The average Bonchev–Trinajstić information content (AvgIpc) is 3.11. The molecule has 0 aromatic rings. The molecule has 0 aliphatic rings. The minimum absolute atomic E-state index is 0.0965. The molecule has 0 saturated heterocycles. The van der Waals surface area contributed by atoms with Crippen molar-refractivity contribution in [3.8, 4) is 0 Å². The van der Waals surface area contributed by atoms with E-state index in [0.29, 0.717) is 19.3 Å². The zero-order valence-corrected chi connectivity index (χ0v) is 32.4. The minimum atomic E-state index is -0.792. The Morgan fingerprint density at radius 3 is 1.26 bits per heavy atom. The van der Waals surface area contributed by atoms with Gasteiger partial charge in [0.2, 0.25) is 0 Å². The molecule has 0 spiro atoms. The van der Waals surface area contributed by atoms with Gasteiger partial charge in [-0.05, 0) is 89.9 Å². The van der Waals surface area contributed by atoms with E-state index in [1.54, 1.807) is 0 Å². The lowest BCUT2D eigenvalue weighted by Crippen LogP contribution is -2.30. The highest BCUT2D eigenvalue weighted by molar-refractivity contribution is 5.71. The molecule has 0 aliphatic carbocycles. The fourth-order valence-electron chi connectivity index (χ4n) is 5.20. The SMILES string of the molecule is CC/C=C\C/C=C\CCCCCCCC(=O)OCC(COC(=O)CCCC/C=C\C/C=C\CC)OC(=O)CCCCCCC/C=C\CCCC. The van der Waals surface area contributed by atoms with Crippen molar-refractivity contribution in [2.24, 2.45) is 0 Å². The molecule has 1 atom stereocenters. The lowest BCUT2D eigenvalue weighted by molar-refractivity contribution is -0.167. The molecule has 0 aromatic carbocycles. The van der Waals surface area contributed by atoms with Crippen molar-refractivity contribution in [1.82, 2.24) is 0 Å². The molecule has 0 amide bonds. The number of carbonyl (C=O) groups excluding carboxylic acids is 3. The van der Waals surface area contributed by atoms with Crippen LogP contribution in [0.4, 0.5) is 0 Å². The van der Waals surface area contributed by atoms with E-state index in [-0.39, 0.29) is 31.1 Å². The smallest absolute Gasteiger partial charge is 0.306 e. The van der Waals surface area contributed by atoms with Crippen LogP contribution in [-0.2, 0) is 28.6 Å². The summed E-state index contributed by atoms with van der Waals surface area (Å²) >= 11 is 0. The van der Waals surface area contributed by atoms with Gasteiger partial charge in [-0.2, -0.15) is 0 Å². The second kappa shape index (κ2) is 38.9. The van der Waals surface area contributed by atoms with Gasteiger partial charge in [-0.15, -0.1) is 0 Å². The fourth-order valence-corrected chi connectivity index (χ4v) is 5.20. The first-order chi connectivity index (χ1) is 24.5. The molecule has 0 aromatic heterocycles. The first kappa shape index (κ1) is 47.1. The maximum absolute atomic E-state index is 12.6. The van der Waals surface area contributed by atoms with Gasteiger partial charge in [0.25, 0.3) is 0 Å². The van der Waals surface area contributed by atoms with Gasteiger partial charge >= 0.3 is 17.9 Å². The molecule has 6 nitrogen and oxygen atoms in total. The largest absolute Gasteiger partial charge is 0.462 e. The quantitative estimate of drug-likeness (QED) is 0.0284. The number of esters is 3. The molecule has 286 valence electrons. The molecule has 1 unspecified atom stereocenters. The van der Waals surface area contributed by atoms with Gasteiger partial charge in [0.1, 0.15) is 13.2 Å². The molecule has 0 bridgehead atoms. The summed E-state index contributed by atoms with van der Waals surface area (Å²) in [7, 11) is 0. The second-order valence-electron chi connectivity index (χ2n) is 13.1. The Hall–Kier alpha value is -2.89. The summed E-state index contributed by atoms with van der Waals surface area (Å²) in [4.78, 5) is 37.5. The summed E-state index contributed by atoms with van der Waals surface area (Å²) in [5.74, 6) is -0.969. The predicted octanol–water partition coefficient (Wildman–Crippen LogP) is 12.6. The van der Waals surface area contributed by atoms with E-state index in [4.69, 9.17) is 14.2 Å². The standard InChI is InChI=1S/C44H74O6/c1-4-7-10-13-16-19-21-23-25-28-31-34-37-43(46)49-40-41(39-48-42(45)36-33-30-27-24-18-15-12-9-6-3)50-44(47)38-35-32-29-26-22-20-17-14-11-8-5-2/h7,9-10,12,14,16-19,24,41H,4-6,8,11,13,15,20-23,25-40H2,1-3H3/b10-7-,12-9-,17-14-,19-16-,24-18-. The summed E-state index contributed by atoms with van der Waals surface area (Å²) in [5.41, 5.74) is 0. The number of hydrogen-bond donors (Lipinski definition) is 0. The molecule has 50 heavy (non-hydrogen) atoms. The van der Waals surface area contributed by atoms with Crippen LogP contribution in [0.3, 0.4) is 0 Å². The highest BCUT2D eigenvalue weighted by Crippen LogP contribution is 2.12. The van der Waals surface area contributed by atoms with Crippen molar-refractivity contribution in [2.45, 2.75) is 187 Å². The van der Waals surface area contributed by atoms with E-state index < -0.39 is 6.10 Å². The molecular formula is C44H74O6. The van der Waals surface area contributed by atoms with Gasteiger partial charge in [-0.3, -0.25) is 14.4 Å². The Morgan fingerprint density at radius 1 is 0.420 bits per heavy atom. The van der Waals surface area contributed by atoms with Crippen molar-refractivity contribution in [3.05, 3.63) is 60.8 Å². The number of ether oxygens (including phenoxy) is 3. The first-order valence-corrected chi connectivity index (χ1v) is 20.3. The Bertz CT molecular complexity index is 944. The average molecular weight is 699 g/mol. The lowest BCUT2D eigenvalue weighted by Gasteiger charge is -2.18. The monoisotopic (exact) mass is 699 g/mol. The number of hydrogen-bond acceptors (Lipinski definition) is 6. The van der Waals surface area contributed by atoms with E-state index in [2.05, 4.69) is 81.5 Å². The topological polar surface area (TPSA) is 78.9 Å². The zero-order chi connectivity index (χ0) is 36.6. The summed E-state index contributed by atoms with van der Waals surface area (Å²) < 4.78 is 16.6. The summed E-state index contributed by atoms with van der Waals surface area (Å²) in [6.07, 6.45) is 45.0. The molecular weight excluding hydrogens is 624 g/mol. The van der Waals surface area contributed by atoms with Crippen LogP contribution in [0.5, 0.6) is 0 Å². The molecule has 0 aliphatic heterocycles. The number of unbranched alkanes of at least 4 members (excludes halogenated alkanes) is 14. The van der Waals surface area contributed by atoms with Gasteiger partial charge in [0, 0.05) is 19.3 Å². The van der Waals surface area contributed by atoms with E-state index in [1.165, 1.54) is 25.7 Å². The number of carbonyl (C=O) groups is 3. The molecule has 0 rings (SSSR count). The number of rotatable bonds is 35. The molecule has 6 heteroatoms. The van der Waals surface area contributed by atoms with E-state index in [9.17, 15) is 14.4 Å². The third-order valence-corrected chi connectivity index (χ3v) is 8.24. The third-order valence-electron chi connectivity index (χ3n) is 8.24. The lowest BCUT2D eigenvalue weighted by atomic mass is 10.1. The van der Waals surface area contributed by atoms with Gasteiger partial charge in [-0.25, -0.2) is 0 Å². The van der Waals surface area contributed by atoms with Gasteiger partial charge in [-0.1, -0.05) is 133 Å². The highest BCUT2D eigenvalue weighted by atomic mass is 16.6. The van der Waals surface area contributed by atoms with Gasteiger partial charge in [0.15, 0.2) is 6.10 Å². The predicted molar refractivity (Wildman–Crippen MR) is 210 cm³/mol. The van der Waals surface area contributed by atoms with Crippen LogP contribution in [0.25, 0.3) is 0 Å². The molecule has 0 saturated carbocycles. The first-order valence-electron chi connectivity index (χ1n) is 20.3. The Kier molecular flexibility index (Phi) is 36.7. The van der Waals surface area contributed by atoms with E-state index in [0.717, 1.165) is 116 Å². The number of allylic oxidation sites excluding steroid dienone is 10. The minimum Gasteiger partial charge on any atom is -0.462 e. The van der Waals surface area contributed by atoms with Crippen molar-refractivity contribution in [1.29, 1.82) is 0 Å². The van der Waals surface area contributed by atoms with Crippen molar-refractivity contribution in [3.63, 3.8) is 0 Å². The van der Waals surface area contributed by atoms with Crippen molar-refractivity contribution in [2.75, 3.05) is 13.2 Å². The fraction of sp³-hybridized carbons (Fsp3) is 0.705. The zero-order valence-electron chi connectivity index (χ0n) is 32.4. The Balaban J connectivity index is 4.45. The molecule has 0 fully saturated rings. The summed E-state index contributed by atoms with van der Waals surface area (Å²) in [6, 6.07) is 0. The molecule has 0 N–H and O–H groups in total. The van der Waals surface area contributed by atoms with Crippen LogP contribution in [0, 0.1) is 0 Å². The van der Waals surface area contributed by atoms with E-state index in [1.807, 2.05) is 0 Å². The molecule has 0 heterocycles. The third kappa shape index (κ3) is 36.4. The van der Waals surface area contributed by atoms with Crippen LogP contribution in [0.2, 0.25) is 0 Å². The summed E-state index contributed by atoms with van der Waals surface area (Å²) in [5, 5.41) is 0. The van der Waals surface area contributed by atoms with E-state index >= 15 is 0 Å². The van der Waals surface area contributed by atoms with Gasteiger partial charge in [0.05, 0.1) is 0 Å². The van der Waals surface area contributed by atoms with Crippen LogP contribution >= 0.6 is 0 Å². The highest BCUT2D eigenvalue weighted by Gasteiger charge is 2.19. The Morgan fingerprint density at radius 2 is 0.780 bits per heavy atom. The normalized spacial score (nSPS) is 12.6. The summed E-state index contributed by atoms with van der Waals surface area (Å²) in [6.45, 7) is 6.28. The molecule has 0 radical (unpaired) electrons. The van der Waals surface area contributed by atoms with Gasteiger partial charge < -0.3 is 14.2 Å². The maximum Gasteiger partial charge on any atom is 0.306 e. The Labute approximate surface area is 307 Å². The van der Waals surface area contributed by atoms with Crippen LogP contribution < -0.4 is 0 Å².